The van der Waals surface area contributed by atoms with Crippen LogP contribution in [0, 0.1) is 5.41 Å². The fourth-order valence-corrected chi connectivity index (χ4v) is 4.20. The quantitative estimate of drug-likeness (QED) is 0.708. The summed E-state index contributed by atoms with van der Waals surface area (Å²) >= 11 is 11.9. The molecule has 27 heavy (non-hydrogen) atoms. The summed E-state index contributed by atoms with van der Waals surface area (Å²) in [6.07, 6.45) is -2.56. The number of benzene rings is 1. The number of carbonyl (C=O) groups is 1. The molecule has 1 aliphatic carbocycles. The molecule has 9 heteroatoms. The molecule has 1 aliphatic heterocycles. The highest BCUT2D eigenvalue weighted by molar-refractivity contribution is 6.42. The minimum Gasteiger partial charge on any atom is -0.490 e. The molecule has 1 spiro atoms. The number of esters is 1. The number of alkyl halides is 3. The van der Waals surface area contributed by atoms with Crippen LogP contribution in [0.3, 0.4) is 0 Å². The number of carbonyl (C=O) groups excluding carboxylic acids is 1. The maximum absolute atomic E-state index is 12.6. The average molecular weight is 426 g/mol. The van der Waals surface area contributed by atoms with Crippen molar-refractivity contribution in [1.29, 1.82) is 0 Å². The lowest BCUT2D eigenvalue weighted by Gasteiger charge is -2.47. The summed E-state index contributed by atoms with van der Waals surface area (Å²) in [6, 6.07) is 5.03. The van der Waals surface area contributed by atoms with Crippen molar-refractivity contribution < 1.29 is 27.4 Å². The number of hydrogen-bond donors (Lipinski definition) is 1. The normalized spacial score (nSPS) is 28.8. The van der Waals surface area contributed by atoms with E-state index in [2.05, 4.69) is 5.32 Å². The zero-order valence-electron chi connectivity index (χ0n) is 14.5. The SMILES string of the molecule is O=C(OC1CNCCC12CCC(Oc1ccc(Cl)c(Cl)c1)CC2)C(F)(F)F. The molecule has 1 aromatic rings. The highest BCUT2D eigenvalue weighted by Gasteiger charge is 2.49. The van der Waals surface area contributed by atoms with Gasteiger partial charge < -0.3 is 14.8 Å². The first-order chi connectivity index (χ1) is 12.7. The lowest BCUT2D eigenvalue weighted by Crippen LogP contribution is -2.54. The molecular weight excluding hydrogens is 406 g/mol. The highest BCUT2D eigenvalue weighted by Crippen LogP contribution is 2.46. The van der Waals surface area contributed by atoms with Gasteiger partial charge in [0.2, 0.25) is 0 Å². The van der Waals surface area contributed by atoms with E-state index in [1.807, 2.05) is 0 Å². The van der Waals surface area contributed by atoms with Crippen molar-refractivity contribution in [2.45, 2.75) is 50.5 Å². The molecule has 1 saturated heterocycles. The maximum Gasteiger partial charge on any atom is 0.490 e. The standard InChI is InChI=1S/C18H20Cl2F3NO3/c19-13-2-1-12(9-14(13)20)26-11-3-5-17(6-4-11)7-8-24-10-15(17)27-16(25)18(21,22)23/h1-2,9,11,15,24H,3-8,10H2. The zero-order valence-corrected chi connectivity index (χ0v) is 16.0. The van der Waals surface area contributed by atoms with Crippen LogP contribution in [0.4, 0.5) is 13.2 Å². The molecule has 1 heterocycles. The van der Waals surface area contributed by atoms with E-state index in [9.17, 15) is 18.0 Å². The molecule has 0 aromatic heterocycles. The Balaban J connectivity index is 1.62. The Kier molecular flexibility index (Phi) is 6.13. The summed E-state index contributed by atoms with van der Waals surface area (Å²) in [4.78, 5) is 11.3. The summed E-state index contributed by atoms with van der Waals surface area (Å²) in [6.45, 7) is 0.929. The molecule has 1 N–H and O–H groups in total. The van der Waals surface area contributed by atoms with Crippen LogP contribution in [-0.2, 0) is 9.53 Å². The Hall–Kier alpha value is -1.18. The highest BCUT2D eigenvalue weighted by atomic mass is 35.5. The predicted molar refractivity (Wildman–Crippen MR) is 95.2 cm³/mol. The van der Waals surface area contributed by atoms with E-state index in [1.54, 1.807) is 18.2 Å². The van der Waals surface area contributed by atoms with Crippen LogP contribution in [0.5, 0.6) is 5.75 Å². The van der Waals surface area contributed by atoms with E-state index in [0.29, 0.717) is 54.4 Å². The van der Waals surface area contributed by atoms with Gasteiger partial charge in [0.1, 0.15) is 11.9 Å². The molecule has 1 aromatic carbocycles. The lowest BCUT2D eigenvalue weighted by atomic mass is 9.66. The Morgan fingerprint density at radius 2 is 1.85 bits per heavy atom. The van der Waals surface area contributed by atoms with E-state index in [-0.39, 0.29) is 12.6 Å². The summed E-state index contributed by atoms with van der Waals surface area (Å²) < 4.78 is 48.6. The van der Waals surface area contributed by atoms with Crippen molar-refractivity contribution in [3.63, 3.8) is 0 Å². The first kappa shape index (κ1) is 20.6. The van der Waals surface area contributed by atoms with Crippen LogP contribution in [0.1, 0.15) is 32.1 Å². The number of piperidine rings is 1. The largest absolute Gasteiger partial charge is 0.490 e. The van der Waals surface area contributed by atoms with Gasteiger partial charge in [-0.25, -0.2) is 4.79 Å². The second-order valence-electron chi connectivity index (χ2n) is 7.10. The van der Waals surface area contributed by atoms with Gasteiger partial charge in [-0.1, -0.05) is 23.2 Å². The van der Waals surface area contributed by atoms with Gasteiger partial charge in [-0.15, -0.1) is 0 Å². The number of halogens is 5. The van der Waals surface area contributed by atoms with Crippen molar-refractivity contribution >= 4 is 29.2 Å². The molecule has 0 radical (unpaired) electrons. The second kappa shape index (κ2) is 8.05. The van der Waals surface area contributed by atoms with Gasteiger partial charge in [0.25, 0.3) is 0 Å². The number of ether oxygens (including phenoxy) is 2. The van der Waals surface area contributed by atoms with Crippen LogP contribution in [-0.4, -0.2) is 37.4 Å². The van der Waals surface area contributed by atoms with Crippen molar-refractivity contribution in [2.75, 3.05) is 13.1 Å². The molecule has 0 amide bonds. The summed E-state index contributed by atoms with van der Waals surface area (Å²) in [5.74, 6) is -1.51. The molecule has 2 fully saturated rings. The van der Waals surface area contributed by atoms with Crippen LogP contribution in [0.15, 0.2) is 18.2 Å². The van der Waals surface area contributed by atoms with Gasteiger partial charge >= 0.3 is 12.1 Å². The Morgan fingerprint density at radius 3 is 2.48 bits per heavy atom. The minimum atomic E-state index is -4.98. The van der Waals surface area contributed by atoms with E-state index in [4.69, 9.17) is 32.7 Å². The molecule has 1 unspecified atom stereocenters. The maximum atomic E-state index is 12.6. The van der Waals surface area contributed by atoms with E-state index in [0.717, 1.165) is 0 Å². The second-order valence-corrected chi connectivity index (χ2v) is 7.92. The molecular formula is C18H20Cl2F3NO3. The lowest BCUT2D eigenvalue weighted by molar-refractivity contribution is -0.213. The van der Waals surface area contributed by atoms with Gasteiger partial charge in [0, 0.05) is 18.0 Å². The third-order valence-electron chi connectivity index (χ3n) is 5.42. The van der Waals surface area contributed by atoms with E-state index in [1.165, 1.54) is 0 Å². The molecule has 4 nitrogen and oxygen atoms in total. The topological polar surface area (TPSA) is 47.6 Å². The molecule has 0 bridgehead atoms. The smallest absolute Gasteiger partial charge is 0.490 e. The van der Waals surface area contributed by atoms with Gasteiger partial charge in [-0.2, -0.15) is 13.2 Å². The molecule has 1 saturated carbocycles. The Bertz CT molecular complexity index is 691. The van der Waals surface area contributed by atoms with Gasteiger partial charge in [0.15, 0.2) is 0 Å². The summed E-state index contributed by atoms with van der Waals surface area (Å²) in [5, 5.41) is 3.86. The summed E-state index contributed by atoms with van der Waals surface area (Å²) in [7, 11) is 0. The van der Waals surface area contributed by atoms with Crippen molar-refractivity contribution in [2.24, 2.45) is 5.41 Å². The van der Waals surface area contributed by atoms with Crippen LogP contribution >= 0.6 is 23.2 Å². The minimum absolute atomic E-state index is 0.0679. The van der Waals surface area contributed by atoms with Crippen LogP contribution in [0.2, 0.25) is 10.0 Å². The fraction of sp³-hybridized carbons (Fsp3) is 0.611. The molecule has 3 rings (SSSR count). The molecule has 2 aliphatic rings. The van der Waals surface area contributed by atoms with E-state index < -0.39 is 23.7 Å². The van der Waals surface area contributed by atoms with Crippen LogP contribution < -0.4 is 10.1 Å². The van der Waals surface area contributed by atoms with Crippen molar-refractivity contribution in [3.8, 4) is 5.75 Å². The third-order valence-corrected chi connectivity index (χ3v) is 6.15. The predicted octanol–water partition coefficient (Wildman–Crippen LogP) is 4.77. The zero-order chi connectivity index (χ0) is 19.7. The number of hydrogen-bond acceptors (Lipinski definition) is 4. The summed E-state index contributed by atoms with van der Waals surface area (Å²) in [5.41, 5.74) is -0.441. The molecule has 1 atom stereocenters. The van der Waals surface area contributed by atoms with Gasteiger partial charge in [-0.3, -0.25) is 0 Å². The van der Waals surface area contributed by atoms with E-state index >= 15 is 0 Å². The monoisotopic (exact) mass is 425 g/mol. The van der Waals surface area contributed by atoms with Crippen LogP contribution in [0.25, 0.3) is 0 Å². The number of rotatable bonds is 3. The van der Waals surface area contributed by atoms with Crippen molar-refractivity contribution in [3.05, 3.63) is 28.2 Å². The van der Waals surface area contributed by atoms with Gasteiger partial charge in [0.05, 0.1) is 16.1 Å². The van der Waals surface area contributed by atoms with Gasteiger partial charge in [-0.05, 0) is 50.8 Å². The Labute approximate surface area is 165 Å². The van der Waals surface area contributed by atoms with Crippen molar-refractivity contribution in [1.82, 2.24) is 5.32 Å². The fourth-order valence-electron chi connectivity index (χ4n) is 3.91. The third kappa shape index (κ3) is 4.81. The first-order valence-corrected chi connectivity index (χ1v) is 9.55. The molecule has 150 valence electrons. The average Bonchev–Trinajstić information content (AvgIpc) is 2.61. The Morgan fingerprint density at radius 1 is 1.15 bits per heavy atom. The number of nitrogens with one attached hydrogen (secondary N) is 1. The first-order valence-electron chi connectivity index (χ1n) is 8.80.